The van der Waals surface area contributed by atoms with E-state index >= 15 is 0 Å². The van der Waals surface area contributed by atoms with Gasteiger partial charge >= 0.3 is 5.69 Å². The lowest BCUT2D eigenvalue weighted by Gasteiger charge is -2.06. The largest absolute Gasteiger partial charge is 0.490 e. The van der Waals surface area contributed by atoms with Crippen molar-refractivity contribution in [2.75, 3.05) is 7.11 Å². The number of halogens is 2. The Bertz CT molecular complexity index is 885. The molecule has 0 aliphatic carbocycles. The van der Waals surface area contributed by atoms with Crippen LogP contribution in [-0.2, 0) is 6.42 Å². The number of nitro benzene ring substituents is 2. The summed E-state index contributed by atoms with van der Waals surface area (Å²) < 4.78 is 4.86. The van der Waals surface area contributed by atoms with E-state index in [1.165, 1.54) is 25.3 Å². The first kappa shape index (κ1) is 18.6. The third-order valence-corrected chi connectivity index (χ3v) is 4.09. The van der Waals surface area contributed by atoms with Crippen LogP contribution in [0, 0.1) is 20.2 Å². The van der Waals surface area contributed by atoms with Crippen LogP contribution in [-0.4, -0.2) is 22.7 Å². The van der Waals surface area contributed by atoms with Gasteiger partial charge in [-0.1, -0.05) is 23.2 Å². The first-order valence-corrected chi connectivity index (χ1v) is 7.48. The highest BCUT2D eigenvalue weighted by molar-refractivity contribution is 6.42. The molecule has 10 heteroatoms. The van der Waals surface area contributed by atoms with E-state index in [1.807, 2.05) is 0 Å². The van der Waals surface area contributed by atoms with Crippen LogP contribution in [0.25, 0.3) is 0 Å². The van der Waals surface area contributed by atoms with Crippen molar-refractivity contribution < 1.29 is 19.4 Å². The maximum atomic E-state index is 12.4. The standard InChI is InChI=1S/C15H10Cl2N2O6/c1-25-15-3-2-8(5-13(15)19(23)24)14(20)6-9-4-10(16)11(17)7-12(9)18(21)22/h2-5,7H,6H2,1H3. The molecule has 0 bridgehead atoms. The summed E-state index contributed by atoms with van der Waals surface area (Å²) in [4.78, 5) is 33.2. The van der Waals surface area contributed by atoms with Gasteiger partial charge in [0.1, 0.15) is 0 Å². The van der Waals surface area contributed by atoms with Crippen molar-refractivity contribution in [2.24, 2.45) is 0 Å². The van der Waals surface area contributed by atoms with E-state index in [0.29, 0.717) is 0 Å². The number of hydrogen-bond acceptors (Lipinski definition) is 6. The molecule has 0 fully saturated rings. The highest BCUT2D eigenvalue weighted by Crippen LogP contribution is 2.32. The Hall–Kier alpha value is -2.71. The van der Waals surface area contributed by atoms with Crippen molar-refractivity contribution in [3.8, 4) is 5.75 Å². The summed E-state index contributed by atoms with van der Waals surface area (Å²) in [6.45, 7) is 0. The molecule has 130 valence electrons. The fraction of sp³-hybridized carbons (Fsp3) is 0.133. The van der Waals surface area contributed by atoms with Crippen LogP contribution in [0.5, 0.6) is 5.75 Å². The van der Waals surface area contributed by atoms with Gasteiger partial charge < -0.3 is 4.74 Å². The van der Waals surface area contributed by atoms with Crippen molar-refractivity contribution in [2.45, 2.75) is 6.42 Å². The molecule has 0 aliphatic heterocycles. The first-order valence-electron chi connectivity index (χ1n) is 6.72. The minimum Gasteiger partial charge on any atom is -0.490 e. The molecule has 0 radical (unpaired) electrons. The number of ketones is 1. The van der Waals surface area contributed by atoms with Gasteiger partial charge in [0.25, 0.3) is 5.69 Å². The van der Waals surface area contributed by atoms with Crippen LogP contribution >= 0.6 is 23.2 Å². The monoisotopic (exact) mass is 384 g/mol. The molecule has 0 saturated heterocycles. The van der Waals surface area contributed by atoms with Crippen LogP contribution in [0.2, 0.25) is 10.0 Å². The summed E-state index contributed by atoms with van der Waals surface area (Å²) >= 11 is 11.6. The summed E-state index contributed by atoms with van der Waals surface area (Å²) in [5, 5.41) is 22.2. The first-order chi connectivity index (χ1) is 11.7. The molecule has 0 saturated carbocycles. The van der Waals surface area contributed by atoms with Gasteiger partial charge in [-0.05, 0) is 18.2 Å². The lowest BCUT2D eigenvalue weighted by atomic mass is 10.0. The molecule has 2 aromatic rings. The van der Waals surface area contributed by atoms with Gasteiger partial charge in [-0.15, -0.1) is 0 Å². The normalized spacial score (nSPS) is 10.4. The fourth-order valence-electron chi connectivity index (χ4n) is 2.17. The van der Waals surface area contributed by atoms with Crippen LogP contribution in [0.1, 0.15) is 15.9 Å². The van der Waals surface area contributed by atoms with Gasteiger partial charge in [0.15, 0.2) is 11.5 Å². The lowest BCUT2D eigenvalue weighted by Crippen LogP contribution is -2.07. The number of hydrogen-bond donors (Lipinski definition) is 0. The zero-order chi connectivity index (χ0) is 18.7. The van der Waals surface area contributed by atoms with Crippen molar-refractivity contribution in [3.05, 3.63) is 71.7 Å². The summed E-state index contributed by atoms with van der Waals surface area (Å²) in [5.41, 5.74) is -0.654. The van der Waals surface area contributed by atoms with Gasteiger partial charge in [0.2, 0.25) is 0 Å². The van der Waals surface area contributed by atoms with E-state index in [-0.39, 0.29) is 44.7 Å². The predicted octanol–water partition coefficient (Wildman–Crippen LogP) is 4.24. The smallest absolute Gasteiger partial charge is 0.311 e. The molecule has 0 amide bonds. The summed E-state index contributed by atoms with van der Waals surface area (Å²) in [6, 6.07) is 5.98. The molecular formula is C15H10Cl2N2O6. The molecule has 0 atom stereocenters. The highest BCUT2D eigenvalue weighted by atomic mass is 35.5. The number of rotatable bonds is 6. The van der Waals surface area contributed by atoms with Gasteiger partial charge in [-0.25, -0.2) is 0 Å². The number of carbonyl (C=O) groups is 1. The maximum Gasteiger partial charge on any atom is 0.311 e. The lowest BCUT2D eigenvalue weighted by molar-refractivity contribution is -0.385. The number of ether oxygens (including phenoxy) is 1. The molecule has 0 heterocycles. The minimum atomic E-state index is -0.683. The molecule has 2 rings (SSSR count). The summed E-state index contributed by atoms with van der Waals surface area (Å²) in [5.74, 6) is -0.547. The average Bonchev–Trinajstić information content (AvgIpc) is 2.56. The second-order valence-corrected chi connectivity index (χ2v) is 5.71. The minimum absolute atomic E-state index is 0.00191. The molecule has 0 aliphatic rings. The number of methoxy groups -OCH3 is 1. The molecule has 0 aromatic heterocycles. The molecule has 0 N–H and O–H groups in total. The SMILES string of the molecule is COc1ccc(C(=O)Cc2cc(Cl)c(Cl)cc2[N+](=O)[O-])cc1[N+](=O)[O-]. The van der Waals surface area contributed by atoms with Gasteiger partial charge in [0.05, 0.1) is 27.0 Å². The van der Waals surface area contributed by atoms with Gasteiger partial charge in [-0.3, -0.25) is 25.0 Å². The number of carbonyl (C=O) groups excluding carboxylic acids is 1. The Morgan fingerprint density at radius 1 is 1.04 bits per heavy atom. The Kier molecular flexibility index (Phi) is 5.55. The Balaban J connectivity index is 2.41. The van der Waals surface area contributed by atoms with Crippen LogP contribution in [0.3, 0.4) is 0 Å². The molecule has 2 aromatic carbocycles. The van der Waals surface area contributed by atoms with Crippen molar-refractivity contribution in [3.63, 3.8) is 0 Å². The van der Waals surface area contributed by atoms with Gasteiger partial charge in [-0.2, -0.15) is 0 Å². The fourth-order valence-corrected chi connectivity index (χ4v) is 2.51. The maximum absolute atomic E-state index is 12.4. The van der Waals surface area contributed by atoms with E-state index in [2.05, 4.69) is 0 Å². The van der Waals surface area contributed by atoms with E-state index in [1.54, 1.807) is 0 Å². The number of nitro groups is 2. The van der Waals surface area contributed by atoms with Crippen molar-refractivity contribution in [1.82, 2.24) is 0 Å². The Morgan fingerprint density at radius 2 is 1.64 bits per heavy atom. The second kappa shape index (κ2) is 7.45. The van der Waals surface area contributed by atoms with E-state index in [0.717, 1.165) is 12.1 Å². The molecule has 8 nitrogen and oxygen atoms in total. The number of Topliss-reactive ketones (excluding diaryl/α,β-unsaturated/α-hetero) is 1. The molecule has 0 unspecified atom stereocenters. The van der Waals surface area contributed by atoms with Gasteiger partial charge in [0, 0.05) is 29.7 Å². The molecule has 25 heavy (non-hydrogen) atoms. The summed E-state index contributed by atoms with van der Waals surface area (Å²) in [6.07, 6.45) is -0.364. The topological polar surface area (TPSA) is 113 Å². The second-order valence-electron chi connectivity index (χ2n) is 4.90. The Labute approximate surface area is 151 Å². The third kappa shape index (κ3) is 4.04. The highest BCUT2D eigenvalue weighted by Gasteiger charge is 2.22. The van der Waals surface area contributed by atoms with Crippen molar-refractivity contribution >= 4 is 40.4 Å². The quantitative estimate of drug-likeness (QED) is 0.418. The zero-order valence-corrected chi connectivity index (χ0v) is 14.2. The number of nitrogens with zero attached hydrogens (tertiary/aromatic N) is 2. The van der Waals surface area contributed by atoms with Crippen LogP contribution in [0.4, 0.5) is 11.4 Å². The molecule has 0 spiro atoms. The zero-order valence-electron chi connectivity index (χ0n) is 12.7. The number of benzene rings is 2. The average molecular weight is 385 g/mol. The van der Waals surface area contributed by atoms with E-state index in [4.69, 9.17) is 27.9 Å². The molecular weight excluding hydrogens is 375 g/mol. The third-order valence-electron chi connectivity index (χ3n) is 3.37. The van der Waals surface area contributed by atoms with Crippen molar-refractivity contribution in [1.29, 1.82) is 0 Å². The van der Waals surface area contributed by atoms with Crippen LogP contribution < -0.4 is 4.74 Å². The van der Waals surface area contributed by atoms with Crippen LogP contribution in [0.15, 0.2) is 30.3 Å². The van der Waals surface area contributed by atoms with E-state index in [9.17, 15) is 25.0 Å². The van der Waals surface area contributed by atoms with E-state index < -0.39 is 15.6 Å². The Morgan fingerprint density at radius 3 is 2.20 bits per heavy atom. The summed E-state index contributed by atoms with van der Waals surface area (Å²) in [7, 11) is 1.27. The predicted molar refractivity (Wildman–Crippen MR) is 90.8 cm³/mol.